The number of imide groups is 1. The number of amides is 2. The lowest BCUT2D eigenvalue weighted by molar-refractivity contribution is -0.141. The van der Waals surface area contributed by atoms with Gasteiger partial charge in [0.15, 0.2) is 0 Å². The van der Waals surface area contributed by atoms with Crippen LogP contribution in [-0.2, 0) is 9.59 Å². The Morgan fingerprint density at radius 3 is 2.50 bits per heavy atom. The van der Waals surface area contributed by atoms with Crippen molar-refractivity contribution < 1.29 is 9.59 Å². The summed E-state index contributed by atoms with van der Waals surface area (Å²) in [5.74, 6) is 2.11. The van der Waals surface area contributed by atoms with Gasteiger partial charge in [0, 0.05) is 18.7 Å². The van der Waals surface area contributed by atoms with Crippen LogP contribution in [0.2, 0.25) is 0 Å². The zero-order chi connectivity index (χ0) is 12.3. The number of likely N-dealkylation sites (tertiary alicyclic amines) is 1. The first-order chi connectivity index (χ1) is 7.43. The molecule has 0 bridgehead atoms. The van der Waals surface area contributed by atoms with Crippen LogP contribution in [0.15, 0.2) is 0 Å². The highest BCUT2D eigenvalue weighted by atomic mass is 32.2. The number of rotatable bonds is 5. The van der Waals surface area contributed by atoms with Crippen LogP contribution >= 0.6 is 11.8 Å². The predicted octanol–water partition coefficient (Wildman–Crippen LogP) is 2.16. The second kappa shape index (κ2) is 5.21. The van der Waals surface area contributed by atoms with Gasteiger partial charge in [0.25, 0.3) is 0 Å². The van der Waals surface area contributed by atoms with Crippen LogP contribution in [-0.4, -0.2) is 34.8 Å². The van der Waals surface area contributed by atoms with Crippen LogP contribution in [0.3, 0.4) is 0 Å². The van der Waals surface area contributed by atoms with Gasteiger partial charge in [-0.3, -0.25) is 14.5 Å². The third kappa shape index (κ3) is 2.42. The molecule has 1 fully saturated rings. The Balaban J connectivity index is 2.68. The summed E-state index contributed by atoms with van der Waals surface area (Å²) in [6.45, 7) is 8.57. The summed E-state index contributed by atoms with van der Waals surface area (Å²) >= 11 is 1.76. The molecule has 0 saturated carbocycles. The van der Waals surface area contributed by atoms with Crippen LogP contribution in [0.5, 0.6) is 0 Å². The van der Waals surface area contributed by atoms with Gasteiger partial charge in [0.2, 0.25) is 11.8 Å². The number of nitrogens with zero attached hydrogens (tertiary/aromatic N) is 1. The van der Waals surface area contributed by atoms with E-state index in [0.29, 0.717) is 13.0 Å². The smallest absolute Gasteiger partial charge is 0.235 e. The average Bonchev–Trinajstić information content (AvgIpc) is 2.43. The Bertz CT molecular complexity index is 291. The summed E-state index contributed by atoms with van der Waals surface area (Å²) in [6.07, 6.45) is 0.375. The first kappa shape index (κ1) is 13.6. The first-order valence-electron chi connectivity index (χ1n) is 5.86. The minimum Gasteiger partial charge on any atom is -0.281 e. The number of hydrogen-bond acceptors (Lipinski definition) is 3. The normalized spacial score (nSPS) is 25.9. The molecule has 4 heteroatoms. The molecule has 1 aliphatic rings. The van der Waals surface area contributed by atoms with Gasteiger partial charge >= 0.3 is 0 Å². The van der Waals surface area contributed by atoms with Gasteiger partial charge in [-0.05, 0) is 18.6 Å². The average molecular weight is 243 g/mol. The Labute approximate surface area is 102 Å². The first-order valence-corrected chi connectivity index (χ1v) is 7.01. The number of hydrogen-bond donors (Lipinski definition) is 0. The van der Waals surface area contributed by atoms with E-state index in [1.165, 1.54) is 4.90 Å². The van der Waals surface area contributed by atoms with Crippen molar-refractivity contribution in [2.45, 2.75) is 34.1 Å². The van der Waals surface area contributed by atoms with Gasteiger partial charge in [-0.2, -0.15) is 11.8 Å². The fraction of sp³-hybridized carbons (Fsp3) is 0.833. The molecule has 0 N–H and O–H groups in total. The van der Waals surface area contributed by atoms with Crippen LogP contribution in [0.25, 0.3) is 0 Å². The maximum Gasteiger partial charge on any atom is 0.235 e. The maximum atomic E-state index is 12.2. The summed E-state index contributed by atoms with van der Waals surface area (Å²) in [6, 6.07) is 0. The number of carbonyl (C=O) groups excluding carboxylic acids is 2. The number of thioether (sulfide) groups is 1. The minimum atomic E-state index is -0.478. The Hall–Kier alpha value is -0.510. The molecule has 1 rings (SSSR count). The van der Waals surface area contributed by atoms with Gasteiger partial charge in [-0.25, -0.2) is 0 Å². The lowest BCUT2D eigenvalue weighted by Crippen LogP contribution is -2.38. The molecule has 1 atom stereocenters. The Morgan fingerprint density at radius 2 is 2.06 bits per heavy atom. The predicted molar refractivity (Wildman–Crippen MR) is 67.3 cm³/mol. The molecule has 0 aromatic carbocycles. The molecule has 2 amide bonds. The SMILES string of the molecule is CCSCCN1C(=O)C[C@](C)(C(C)C)C1=O. The molecule has 0 aromatic rings. The summed E-state index contributed by atoms with van der Waals surface area (Å²) in [7, 11) is 0. The lowest BCUT2D eigenvalue weighted by Gasteiger charge is -2.25. The fourth-order valence-corrected chi connectivity index (χ4v) is 2.48. The van der Waals surface area contributed by atoms with Gasteiger partial charge in [-0.15, -0.1) is 0 Å². The molecule has 0 spiro atoms. The topological polar surface area (TPSA) is 37.4 Å². The molecule has 0 aliphatic carbocycles. The van der Waals surface area contributed by atoms with Crippen molar-refractivity contribution in [3.05, 3.63) is 0 Å². The molecule has 0 unspecified atom stereocenters. The second-order valence-corrected chi connectivity index (χ2v) is 6.19. The minimum absolute atomic E-state index is 0.00194. The third-order valence-electron chi connectivity index (χ3n) is 3.49. The molecule has 0 aromatic heterocycles. The lowest BCUT2D eigenvalue weighted by atomic mass is 9.78. The molecule has 1 heterocycles. The molecular formula is C12H21NO2S. The van der Waals surface area contributed by atoms with Gasteiger partial charge in [0.1, 0.15) is 0 Å². The highest BCUT2D eigenvalue weighted by Crippen LogP contribution is 2.39. The fourth-order valence-electron chi connectivity index (χ4n) is 1.88. The van der Waals surface area contributed by atoms with Crippen LogP contribution in [0.1, 0.15) is 34.1 Å². The van der Waals surface area contributed by atoms with E-state index in [-0.39, 0.29) is 17.7 Å². The van der Waals surface area contributed by atoms with Gasteiger partial charge in [0.05, 0.1) is 5.41 Å². The van der Waals surface area contributed by atoms with E-state index < -0.39 is 5.41 Å². The highest BCUT2D eigenvalue weighted by Gasteiger charge is 2.49. The van der Waals surface area contributed by atoms with E-state index in [9.17, 15) is 9.59 Å². The van der Waals surface area contributed by atoms with Crippen LogP contribution in [0, 0.1) is 11.3 Å². The monoisotopic (exact) mass is 243 g/mol. The van der Waals surface area contributed by atoms with Crippen molar-refractivity contribution in [2.75, 3.05) is 18.1 Å². The summed E-state index contributed by atoms with van der Waals surface area (Å²) in [5.41, 5.74) is -0.478. The molecule has 92 valence electrons. The van der Waals surface area contributed by atoms with E-state index >= 15 is 0 Å². The third-order valence-corrected chi connectivity index (χ3v) is 4.37. The largest absolute Gasteiger partial charge is 0.281 e. The number of carbonyl (C=O) groups is 2. The van der Waals surface area contributed by atoms with Crippen molar-refractivity contribution in [1.82, 2.24) is 4.90 Å². The van der Waals surface area contributed by atoms with E-state index in [2.05, 4.69) is 6.92 Å². The highest BCUT2D eigenvalue weighted by molar-refractivity contribution is 7.99. The standard InChI is InChI=1S/C12H21NO2S/c1-5-16-7-6-13-10(14)8-12(4,9(2)3)11(13)15/h9H,5-8H2,1-4H3/t12-/m1/s1. The Kier molecular flexibility index (Phi) is 4.42. The van der Waals surface area contributed by atoms with E-state index in [1.54, 1.807) is 11.8 Å². The molecular weight excluding hydrogens is 222 g/mol. The van der Waals surface area contributed by atoms with Crippen molar-refractivity contribution in [3.8, 4) is 0 Å². The Morgan fingerprint density at radius 1 is 1.44 bits per heavy atom. The van der Waals surface area contributed by atoms with Crippen molar-refractivity contribution in [3.63, 3.8) is 0 Å². The van der Waals surface area contributed by atoms with E-state index in [4.69, 9.17) is 0 Å². The second-order valence-electron chi connectivity index (χ2n) is 4.80. The summed E-state index contributed by atoms with van der Waals surface area (Å²) in [5, 5.41) is 0. The molecule has 16 heavy (non-hydrogen) atoms. The van der Waals surface area contributed by atoms with Crippen molar-refractivity contribution in [2.24, 2.45) is 11.3 Å². The summed E-state index contributed by atoms with van der Waals surface area (Å²) < 4.78 is 0. The van der Waals surface area contributed by atoms with Crippen molar-refractivity contribution in [1.29, 1.82) is 0 Å². The summed E-state index contributed by atoms with van der Waals surface area (Å²) in [4.78, 5) is 25.4. The van der Waals surface area contributed by atoms with Crippen LogP contribution in [0.4, 0.5) is 0 Å². The molecule has 1 saturated heterocycles. The molecule has 1 aliphatic heterocycles. The van der Waals surface area contributed by atoms with Crippen LogP contribution < -0.4 is 0 Å². The molecule has 0 radical (unpaired) electrons. The van der Waals surface area contributed by atoms with Gasteiger partial charge in [-0.1, -0.05) is 20.8 Å². The zero-order valence-electron chi connectivity index (χ0n) is 10.6. The quantitative estimate of drug-likeness (QED) is 0.548. The van der Waals surface area contributed by atoms with Gasteiger partial charge < -0.3 is 0 Å². The maximum absolute atomic E-state index is 12.2. The van der Waals surface area contributed by atoms with E-state index in [0.717, 1.165) is 11.5 Å². The molecule has 3 nitrogen and oxygen atoms in total. The van der Waals surface area contributed by atoms with E-state index in [1.807, 2.05) is 20.8 Å². The zero-order valence-corrected chi connectivity index (χ0v) is 11.4. The van der Waals surface area contributed by atoms with Crippen molar-refractivity contribution >= 4 is 23.6 Å².